The predicted molar refractivity (Wildman–Crippen MR) is 61.0 cm³/mol. The summed E-state index contributed by atoms with van der Waals surface area (Å²) >= 11 is 0. The second-order valence-corrected chi connectivity index (χ2v) is 3.52. The Morgan fingerprint density at radius 2 is 2.35 bits per heavy atom. The van der Waals surface area contributed by atoms with E-state index >= 15 is 0 Å². The molecule has 1 atom stereocenters. The van der Waals surface area contributed by atoms with Crippen molar-refractivity contribution in [1.82, 2.24) is 5.32 Å². The first-order valence-corrected chi connectivity index (χ1v) is 5.05. The monoisotopic (exact) mass is 242 g/mol. The van der Waals surface area contributed by atoms with Crippen LogP contribution in [0.25, 0.3) is 0 Å². The summed E-state index contributed by atoms with van der Waals surface area (Å²) in [7, 11) is 1.44. The van der Waals surface area contributed by atoms with Gasteiger partial charge in [0.05, 0.1) is 24.0 Å². The van der Waals surface area contributed by atoms with Crippen LogP contribution in [-0.4, -0.2) is 37.4 Å². The van der Waals surface area contributed by atoms with Crippen LogP contribution in [-0.2, 0) is 4.74 Å². The summed E-state index contributed by atoms with van der Waals surface area (Å²) < 4.78 is 17.8. The Hall–Kier alpha value is -1.66. The number of amides is 1. The lowest BCUT2D eigenvalue weighted by molar-refractivity contribution is 0.0610. The van der Waals surface area contributed by atoms with Crippen molar-refractivity contribution in [1.29, 1.82) is 0 Å². The maximum atomic E-state index is 13.1. The van der Waals surface area contributed by atoms with Gasteiger partial charge in [-0.3, -0.25) is 4.79 Å². The first-order valence-electron chi connectivity index (χ1n) is 5.05. The lowest BCUT2D eigenvalue weighted by Gasteiger charge is -2.11. The maximum Gasteiger partial charge on any atom is 0.253 e. The van der Waals surface area contributed by atoms with Crippen molar-refractivity contribution in [2.24, 2.45) is 0 Å². The molecule has 5 nitrogen and oxygen atoms in total. The topological polar surface area (TPSA) is 84.6 Å². The Balaban J connectivity index is 2.61. The predicted octanol–water partition coefficient (Wildman–Crippen LogP) is 0.145. The van der Waals surface area contributed by atoms with E-state index in [1.165, 1.54) is 25.3 Å². The van der Waals surface area contributed by atoms with Crippen LogP contribution >= 0.6 is 0 Å². The molecule has 0 fully saturated rings. The molecule has 1 unspecified atom stereocenters. The highest BCUT2D eigenvalue weighted by atomic mass is 19.1. The number of hydrogen-bond donors (Lipinski definition) is 3. The Morgan fingerprint density at radius 1 is 1.65 bits per heavy atom. The summed E-state index contributed by atoms with van der Waals surface area (Å²) in [6.45, 7) is 0.127. The number of carbonyl (C=O) groups is 1. The molecule has 1 amide bonds. The molecule has 0 aromatic heterocycles. The first kappa shape index (κ1) is 13.4. The van der Waals surface area contributed by atoms with E-state index in [4.69, 9.17) is 10.5 Å². The van der Waals surface area contributed by atoms with E-state index in [1.807, 2.05) is 0 Å². The number of methoxy groups -OCH3 is 1. The van der Waals surface area contributed by atoms with Crippen molar-refractivity contribution in [3.05, 3.63) is 29.6 Å². The molecule has 1 rings (SSSR count). The Morgan fingerprint density at radius 3 is 3.00 bits per heavy atom. The van der Waals surface area contributed by atoms with Gasteiger partial charge in [0.1, 0.15) is 5.82 Å². The molecule has 0 bridgehead atoms. The molecule has 1 aromatic carbocycles. The Bertz CT molecular complexity index is 398. The van der Waals surface area contributed by atoms with Crippen LogP contribution in [0, 0.1) is 5.82 Å². The van der Waals surface area contributed by atoms with Crippen LogP contribution in [0.15, 0.2) is 18.2 Å². The van der Waals surface area contributed by atoms with Gasteiger partial charge in [0.25, 0.3) is 5.91 Å². The number of benzene rings is 1. The Labute approximate surface area is 98.4 Å². The second-order valence-electron chi connectivity index (χ2n) is 3.52. The van der Waals surface area contributed by atoms with E-state index in [9.17, 15) is 14.3 Å². The number of halogens is 1. The third-order valence-corrected chi connectivity index (χ3v) is 2.15. The molecule has 94 valence electrons. The molecule has 0 heterocycles. The van der Waals surface area contributed by atoms with Crippen LogP contribution in [0.1, 0.15) is 10.4 Å². The summed E-state index contributed by atoms with van der Waals surface area (Å²) in [5, 5.41) is 11.8. The van der Waals surface area contributed by atoms with E-state index in [1.54, 1.807) is 0 Å². The molecule has 0 saturated heterocycles. The van der Waals surface area contributed by atoms with E-state index in [-0.39, 0.29) is 24.4 Å². The van der Waals surface area contributed by atoms with Crippen molar-refractivity contribution >= 4 is 11.6 Å². The highest BCUT2D eigenvalue weighted by Gasteiger charge is 2.13. The highest BCUT2D eigenvalue weighted by Crippen LogP contribution is 2.15. The number of ether oxygens (including phenoxy) is 1. The van der Waals surface area contributed by atoms with E-state index < -0.39 is 17.8 Å². The molecular formula is C11H15FN2O3. The molecule has 0 aliphatic carbocycles. The SMILES string of the molecule is COCC(O)CNC(=O)c1cccc(F)c1N. The molecule has 0 spiro atoms. The van der Waals surface area contributed by atoms with E-state index in [2.05, 4.69) is 5.32 Å². The van der Waals surface area contributed by atoms with Crippen molar-refractivity contribution in [3.8, 4) is 0 Å². The largest absolute Gasteiger partial charge is 0.396 e. The average molecular weight is 242 g/mol. The second kappa shape index (κ2) is 6.17. The third-order valence-electron chi connectivity index (χ3n) is 2.15. The molecule has 0 radical (unpaired) electrons. The zero-order valence-corrected chi connectivity index (χ0v) is 9.44. The molecule has 6 heteroatoms. The number of aliphatic hydroxyl groups excluding tert-OH is 1. The number of hydrogen-bond acceptors (Lipinski definition) is 4. The number of anilines is 1. The fourth-order valence-electron chi connectivity index (χ4n) is 1.29. The molecule has 0 aliphatic rings. The Kier molecular flexibility index (Phi) is 4.86. The van der Waals surface area contributed by atoms with Gasteiger partial charge in [0, 0.05) is 13.7 Å². The van der Waals surface area contributed by atoms with Crippen molar-refractivity contribution in [2.45, 2.75) is 6.10 Å². The molecule has 4 N–H and O–H groups in total. The fraction of sp³-hybridized carbons (Fsp3) is 0.364. The lowest BCUT2D eigenvalue weighted by atomic mass is 10.1. The first-order chi connectivity index (χ1) is 8.06. The van der Waals surface area contributed by atoms with Gasteiger partial charge >= 0.3 is 0 Å². The minimum absolute atomic E-state index is 0.0165. The molecule has 1 aromatic rings. The van der Waals surface area contributed by atoms with E-state index in [0.29, 0.717) is 0 Å². The van der Waals surface area contributed by atoms with Crippen LogP contribution in [0.3, 0.4) is 0 Å². The highest BCUT2D eigenvalue weighted by molar-refractivity contribution is 5.99. The van der Waals surface area contributed by atoms with Gasteiger partial charge in [-0.25, -0.2) is 4.39 Å². The molecular weight excluding hydrogens is 227 g/mol. The minimum atomic E-state index is -0.807. The zero-order chi connectivity index (χ0) is 12.8. The van der Waals surface area contributed by atoms with Crippen LogP contribution in [0.4, 0.5) is 10.1 Å². The summed E-state index contributed by atoms with van der Waals surface area (Å²) in [4.78, 5) is 11.6. The third kappa shape index (κ3) is 3.69. The van der Waals surface area contributed by atoms with Gasteiger partial charge in [0.2, 0.25) is 0 Å². The lowest BCUT2D eigenvalue weighted by Crippen LogP contribution is -2.34. The number of nitrogens with one attached hydrogen (secondary N) is 1. The van der Waals surface area contributed by atoms with E-state index in [0.717, 1.165) is 0 Å². The van der Waals surface area contributed by atoms with Crippen LogP contribution in [0.2, 0.25) is 0 Å². The van der Waals surface area contributed by atoms with Crippen molar-refractivity contribution in [3.63, 3.8) is 0 Å². The standard InChI is InChI=1S/C11H15FN2O3/c1-17-6-7(15)5-14-11(16)8-3-2-4-9(12)10(8)13/h2-4,7,15H,5-6,13H2,1H3,(H,14,16). The summed E-state index contributed by atoms with van der Waals surface area (Å²) in [5.74, 6) is -1.17. The fourth-order valence-corrected chi connectivity index (χ4v) is 1.29. The van der Waals surface area contributed by atoms with Crippen molar-refractivity contribution < 1.29 is 19.0 Å². The molecule has 17 heavy (non-hydrogen) atoms. The zero-order valence-electron chi connectivity index (χ0n) is 9.44. The van der Waals surface area contributed by atoms with Gasteiger partial charge in [-0.2, -0.15) is 0 Å². The van der Waals surface area contributed by atoms with Crippen molar-refractivity contribution in [2.75, 3.05) is 26.0 Å². The molecule has 0 saturated carbocycles. The van der Waals surface area contributed by atoms with Gasteiger partial charge < -0.3 is 20.9 Å². The number of rotatable bonds is 5. The smallest absolute Gasteiger partial charge is 0.253 e. The van der Waals surface area contributed by atoms with Gasteiger partial charge in [-0.05, 0) is 12.1 Å². The maximum absolute atomic E-state index is 13.1. The van der Waals surface area contributed by atoms with Gasteiger partial charge in [-0.15, -0.1) is 0 Å². The minimum Gasteiger partial charge on any atom is -0.396 e. The quantitative estimate of drug-likeness (QED) is 0.641. The number of carbonyl (C=O) groups excluding carboxylic acids is 1. The average Bonchev–Trinajstić information content (AvgIpc) is 2.30. The van der Waals surface area contributed by atoms with Gasteiger partial charge in [0.15, 0.2) is 0 Å². The molecule has 0 aliphatic heterocycles. The summed E-state index contributed by atoms with van der Waals surface area (Å²) in [6.07, 6.45) is -0.807. The van der Waals surface area contributed by atoms with Crippen LogP contribution < -0.4 is 11.1 Å². The number of nitrogens with two attached hydrogens (primary N) is 1. The number of nitrogen functional groups attached to an aromatic ring is 1. The summed E-state index contributed by atoms with van der Waals surface area (Å²) in [5.41, 5.74) is 5.27. The van der Waals surface area contributed by atoms with Crippen LogP contribution in [0.5, 0.6) is 0 Å². The number of aliphatic hydroxyl groups is 1. The summed E-state index contributed by atoms with van der Waals surface area (Å²) in [6, 6.07) is 3.98. The van der Waals surface area contributed by atoms with Gasteiger partial charge in [-0.1, -0.05) is 6.07 Å². The normalized spacial score (nSPS) is 12.2. The number of para-hydroxylation sites is 1.